The van der Waals surface area contributed by atoms with Crippen LogP contribution in [0.15, 0.2) is 30.3 Å². The molecule has 0 saturated carbocycles. The van der Waals surface area contributed by atoms with Gasteiger partial charge in [0.2, 0.25) is 5.79 Å². The van der Waals surface area contributed by atoms with E-state index in [1.165, 1.54) is 0 Å². The molecular formula is C9H9NO2. The van der Waals surface area contributed by atoms with Crippen LogP contribution in [0.5, 0.6) is 0 Å². The van der Waals surface area contributed by atoms with E-state index < -0.39 is 5.79 Å². The summed E-state index contributed by atoms with van der Waals surface area (Å²) in [6.45, 7) is 0. The summed E-state index contributed by atoms with van der Waals surface area (Å²) in [5.41, 5.74) is 0.339. The van der Waals surface area contributed by atoms with Gasteiger partial charge in [0, 0.05) is 5.56 Å². The second-order valence-electron chi connectivity index (χ2n) is 2.52. The number of hydrogen-bond acceptors (Lipinski definition) is 3. The standard InChI is InChI=1S/C9H9NO2/c10-7-6-9(11,12)8-4-2-1-3-5-8/h1-5,11-12H,6H2. The topological polar surface area (TPSA) is 64.2 Å². The summed E-state index contributed by atoms with van der Waals surface area (Å²) in [7, 11) is 0. The van der Waals surface area contributed by atoms with Gasteiger partial charge in [0.25, 0.3) is 0 Å². The fourth-order valence-corrected chi connectivity index (χ4v) is 0.917. The first kappa shape index (κ1) is 8.72. The van der Waals surface area contributed by atoms with Gasteiger partial charge in [-0.15, -0.1) is 0 Å². The van der Waals surface area contributed by atoms with Crippen molar-refractivity contribution in [1.82, 2.24) is 0 Å². The van der Waals surface area contributed by atoms with Gasteiger partial charge in [-0.3, -0.25) is 0 Å². The van der Waals surface area contributed by atoms with E-state index in [0.717, 1.165) is 0 Å². The van der Waals surface area contributed by atoms with Crippen LogP contribution < -0.4 is 0 Å². The number of hydrogen-bond donors (Lipinski definition) is 2. The monoisotopic (exact) mass is 163 g/mol. The Hall–Kier alpha value is -1.37. The highest BCUT2D eigenvalue weighted by molar-refractivity contribution is 5.20. The van der Waals surface area contributed by atoms with E-state index >= 15 is 0 Å². The van der Waals surface area contributed by atoms with E-state index in [1.807, 2.05) is 0 Å². The third-order valence-electron chi connectivity index (χ3n) is 1.56. The predicted molar refractivity (Wildman–Crippen MR) is 42.8 cm³/mol. The average molecular weight is 163 g/mol. The molecule has 0 heterocycles. The Bertz CT molecular complexity index is 287. The summed E-state index contributed by atoms with van der Waals surface area (Å²) in [4.78, 5) is 0. The molecule has 0 bridgehead atoms. The summed E-state index contributed by atoms with van der Waals surface area (Å²) in [6, 6.07) is 9.99. The van der Waals surface area contributed by atoms with Crippen LogP contribution >= 0.6 is 0 Å². The molecule has 12 heavy (non-hydrogen) atoms. The molecule has 0 amide bonds. The lowest BCUT2D eigenvalue weighted by Gasteiger charge is -2.18. The third kappa shape index (κ3) is 1.82. The molecule has 0 aliphatic heterocycles. The van der Waals surface area contributed by atoms with E-state index in [9.17, 15) is 10.2 Å². The molecule has 0 aliphatic carbocycles. The Morgan fingerprint density at radius 2 is 1.83 bits per heavy atom. The van der Waals surface area contributed by atoms with Gasteiger partial charge >= 0.3 is 0 Å². The molecule has 62 valence electrons. The summed E-state index contributed by atoms with van der Waals surface area (Å²) in [6.07, 6.45) is -0.322. The van der Waals surface area contributed by atoms with E-state index in [0.29, 0.717) is 5.56 Å². The maximum atomic E-state index is 9.32. The molecule has 0 fully saturated rings. The van der Waals surface area contributed by atoms with Gasteiger partial charge in [0.05, 0.1) is 12.5 Å². The highest BCUT2D eigenvalue weighted by atomic mass is 16.5. The van der Waals surface area contributed by atoms with Crippen molar-refractivity contribution >= 4 is 0 Å². The molecule has 3 heteroatoms. The van der Waals surface area contributed by atoms with E-state index in [4.69, 9.17) is 5.26 Å². The van der Waals surface area contributed by atoms with Crippen molar-refractivity contribution in [2.45, 2.75) is 12.2 Å². The summed E-state index contributed by atoms with van der Waals surface area (Å²) in [5, 5.41) is 26.9. The molecule has 0 atom stereocenters. The zero-order valence-electron chi connectivity index (χ0n) is 6.44. The van der Waals surface area contributed by atoms with Gasteiger partial charge in [0.1, 0.15) is 0 Å². The molecule has 1 rings (SSSR count). The first-order chi connectivity index (χ1) is 5.67. The summed E-state index contributed by atoms with van der Waals surface area (Å²) in [5.74, 6) is -2.02. The van der Waals surface area contributed by atoms with Gasteiger partial charge in [0.15, 0.2) is 0 Å². The van der Waals surface area contributed by atoms with Crippen LogP contribution in [0.2, 0.25) is 0 Å². The molecule has 3 nitrogen and oxygen atoms in total. The zero-order valence-corrected chi connectivity index (χ0v) is 6.44. The highest BCUT2D eigenvalue weighted by Crippen LogP contribution is 2.20. The minimum atomic E-state index is -2.02. The van der Waals surface area contributed by atoms with E-state index in [-0.39, 0.29) is 6.42 Å². The molecular weight excluding hydrogens is 154 g/mol. The fraction of sp³-hybridized carbons (Fsp3) is 0.222. The van der Waals surface area contributed by atoms with Gasteiger partial charge in [-0.1, -0.05) is 30.3 Å². The normalized spacial score (nSPS) is 10.8. The predicted octanol–water partition coefficient (Wildman–Crippen LogP) is 0.738. The van der Waals surface area contributed by atoms with Crippen LogP contribution in [0.3, 0.4) is 0 Å². The van der Waals surface area contributed by atoms with Crippen molar-refractivity contribution in [2.75, 3.05) is 0 Å². The minimum absolute atomic E-state index is 0.322. The number of benzene rings is 1. The number of nitrogens with zero attached hydrogens (tertiary/aromatic N) is 1. The lowest BCUT2D eigenvalue weighted by molar-refractivity contribution is -0.164. The highest BCUT2D eigenvalue weighted by Gasteiger charge is 2.24. The maximum Gasteiger partial charge on any atom is 0.203 e. The second kappa shape index (κ2) is 3.35. The number of rotatable bonds is 2. The molecule has 0 radical (unpaired) electrons. The molecule has 0 spiro atoms. The van der Waals surface area contributed by atoms with Crippen molar-refractivity contribution in [3.63, 3.8) is 0 Å². The second-order valence-corrected chi connectivity index (χ2v) is 2.52. The Kier molecular flexibility index (Phi) is 2.44. The van der Waals surface area contributed by atoms with Crippen LogP contribution in [0, 0.1) is 11.3 Å². The lowest BCUT2D eigenvalue weighted by atomic mass is 10.0. The molecule has 0 aromatic heterocycles. The van der Waals surface area contributed by atoms with Crippen LogP contribution in [0.1, 0.15) is 12.0 Å². The SMILES string of the molecule is N#CCC(O)(O)c1ccccc1. The minimum Gasteiger partial charge on any atom is -0.361 e. The quantitative estimate of drug-likeness (QED) is 0.632. The molecule has 1 aromatic carbocycles. The first-order valence-electron chi connectivity index (χ1n) is 3.54. The maximum absolute atomic E-state index is 9.32. The summed E-state index contributed by atoms with van der Waals surface area (Å²) < 4.78 is 0. The Balaban J connectivity index is 2.91. The van der Waals surface area contributed by atoms with Crippen molar-refractivity contribution < 1.29 is 10.2 Å². The Morgan fingerprint density at radius 3 is 2.33 bits per heavy atom. The first-order valence-corrected chi connectivity index (χ1v) is 3.54. The van der Waals surface area contributed by atoms with Crippen molar-refractivity contribution in [2.24, 2.45) is 0 Å². The van der Waals surface area contributed by atoms with Gasteiger partial charge in [-0.25, -0.2) is 0 Å². The third-order valence-corrected chi connectivity index (χ3v) is 1.56. The molecule has 1 aromatic rings. The number of aliphatic hydroxyl groups is 2. The van der Waals surface area contributed by atoms with Crippen LogP contribution in [-0.4, -0.2) is 10.2 Å². The van der Waals surface area contributed by atoms with E-state index in [2.05, 4.69) is 0 Å². The van der Waals surface area contributed by atoms with Gasteiger partial charge in [-0.05, 0) is 0 Å². The lowest BCUT2D eigenvalue weighted by Crippen LogP contribution is -2.23. The smallest absolute Gasteiger partial charge is 0.203 e. The Morgan fingerprint density at radius 1 is 1.25 bits per heavy atom. The molecule has 2 N–H and O–H groups in total. The Labute approximate surface area is 70.5 Å². The van der Waals surface area contributed by atoms with Crippen LogP contribution in [0.25, 0.3) is 0 Å². The molecule has 0 aliphatic rings. The fourth-order valence-electron chi connectivity index (χ4n) is 0.917. The summed E-state index contributed by atoms with van der Waals surface area (Å²) >= 11 is 0. The van der Waals surface area contributed by atoms with Gasteiger partial charge < -0.3 is 10.2 Å². The van der Waals surface area contributed by atoms with Crippen molar-refractivity contribution in [3.8, 4) is 6.07 Å². The van der Waals surface area contributed by atoms with E-state index in [1.54, 1.807) is 36.4 Å². The number of nitriles is 1. The zero-order chi connectivity index (χ0) is 9.03. The van der Waals surface area contributed by atoms with Crippen molar-refractivity contribution in [1.29, 1.82) is 5.26 Å². The molecule has 0 saturated heterocycles. The van der Waals surface area contributed by atoms with Gasteiger partial charge in [-0.2, -0.15) is 5.26 Å². The largest absolute Gasteiger partial charge is 0.361 e. The van der Waals surface area contributed by atoms with Crippen LogP contribution in [0.4, 0.5) is 0 Å². The van der Waals surface area contributed by atoms with Crippen LogP contribution in [-0.2, 0) is 5.79 Å². The molecule has 0 unspecified atom stereocenters. The van der Waals surface area contributed by atoms with Crippen molar-refractivity contribution in [3.05, 3.63) is 35.9 Å². The average Bonchev–Trinajstić information content (AvgIpc) is 2.06.